The number of benzene rings is 1. The molecule has 2 heterocycles. The van der Waals surface area contributed by atoms with E-state index in [2.05, 4.69) is 21.8 Å². The molecule has 92 valence electrons. The maximum absolute atomic E-state index is 5.91. The van der Waals surface area contributed by atoms with Gasteiger partial charge in [-0.2, -0.15) is 4.37 Å². The van der Waals surface area contributed by atoms with Crippen LogP contribution >= 0.6 is 34.5 Å². The van der Waals surface area contributed by atoms with E-state index in [0.717, 1.165) is 27.8 Å². The monoisotopic (exact) mass is 294 g/mol. The second-order valence-corrected chi connectivity index (χ2v) is 6.48. The molecule has 0 aliphatic rings. The number of rotatable bonds is 4. The number of fused-ring (bicyclic) bond motifs is 1. The van der Waals surface area contributed by atoms with Gasteiger partial charge in [0.1, 0.15) is 5.00 Å². The highest BCUT2D eigenvalue weighted by molar-refractivity contribution is 7.16. The molecule has 1 aromatic carbocycles. The fraction of sp³-hybridized carbons (Fsp3) is 0.154. The van der Waals surface area contributed by atoms with E-state index in [1.54, 1.807) is 11.3 Å². The summed E-state index contributed by atoms with van der Waals surface area (Å²) in [5.41, 5.74) is 1.06. The highest BCUT2D eigenvalue weighted by Crippen LogP contribution is 2.27. The van der Waals surface area contributed by atoms with Crippen molar-refractivity contribution in [2.75, 3.05) is 11.9 Å². The van der Waals surface area contributed by atoms with Gasteiger partial charge in [-0.15, -0.1) is 11.3 Å². The summed E-state index contributed by atoms with van der Waals surface area (Å²) >= 11 is 9.07. The maximum atomic E-state index is 5.91. The molecule has 0 saturated heterocycles. The molecule has 5 heteroatoms. The van der Waals surface area contributed by atoms with Gasteiger partial charge in [0.25, 0.3) is 0 Å². The molecule has 0 amide bonds. The van der Waals surface area contributed by atoms with Gasteiger partial charge >= 0.3 is 0 Å². The molecule has 0 aliphatic heterocycles. The first kappa shape index (κ1) is 12.0. The number of hydrogen-bond donors (Lipinski definition) is 1. The van der Waals surface area contributed by atoms with Gasteiger partial charge in [0, 0.05) is 16.8 Å². The number of nitrogens with zero attached hydrogens (tertiary/aromatic N) is 1. The third-order valence-electron chi connectivity index (χ3n) is 2.67. The van der Waals surface area contributed by atoms with Crippen molar-refractivity contribution in [2.45, 2.75) is 6.42 Å². The standard InChI is InChI=1S/C13H11ClN2S2/c14-12-6-5-9(17-12)7-8-15-13-10-3-1-2-4-11(10)16-18-13/h1-6,15H,7-8H2. The molecule has 0 radical (unpaired) electrons. The first-order chi connectivity index (χ1) is 8.83. The second kappa shape index (κ2) is 5.26. The van der Waals surface area contributed by atoms with Crippen LogP contribution in [0.4, 0.5) is 5.00 Å². The number of thiophene rings is 1. The van der Waals surface area contributed by atoms with E-state index < -0.39 is 0 Å². The van der Waals surface area contributed by atoms with Crippen LogP contribution in [0.15, 0.2) is 36.4 Å². The molecule has 2 nitrogen and oxygen atoms in total. The zero-order valence-corrected chi connectivity index (χ0v) is 11.9. The Morgan fingerprint density at radius 1 is 1.17 bits per heavy atom. The average molecular weight is 295 g/mol. The van der Waals surface area contributed by atoms with E-state index in [9.17, 15) is 0 Å². The van der Waals surface area contributed by atoms with Gasteiger partial charge in [0.2, 0.25) is 0 Å². The van der Waals surface area contributed by atoms with Crippen molar-refractivity contribution >= 4 is 50.4 Å². The van der Waals surface area contributed by atoms with Gasteiger partial charge in [0.15, 0.2) is 0 Å². The number of aromatic nitrogens is 1. The normalized spacial score (nSPS) is 10.9. The van der Waals surface area contributed by atoms with E-state index in [-0.39, 0.29) is 0 Å². The van der Waals surface area contributed by atoms with Gasteiger partial charge in [-0.25, -0.2) is 0 Å². The Morgan fingerprint density at radius 3 is 2.89 bits per heavy atom. The number of hydrogen-bond acceptors (Lipinski definition) is 4. The van der Waals surface area contributed by atoms with Crippen molar-refractivity contribution in [1.82, 2.24) is 4.37 Å². The largest absolute Gasteiger partial charge is 0.375 e. The zero-order chi connectivity index (χ0) is 12.4. The molecule has 3 aromatic rings. The smallest absolute Gasteiger partial charge is 0.117 e. The van der Waals surface area contributed by atoms with Crippen LogP contribution in [0.1, 0.15) is 4.88 Å². The fourth-order valence-electron chi connectivity index (χ4n) is 1.80. The predicted molar refractivity (Wildman–Crippen MR) is 81.1 cm³/mol. The maximum Gasteiger partial charge on any atom is 0.117 e. The molecule has 0 unspecified atom stereocenters. The first-order valence-corrected chi connectivity index (χ1v) is 7.62. The SMILES string of the molecule is Clc1ccc(CCNc2snc3ccccc23)s1. The fourth-order valence-corrected chi connectivity index (χ4v) is 3.68. The van der Waals surface area contributed by atoms with E-state index in [0.29, 0.717) is 0 Å². The van der Waals surface area contributed by atoms with E-state index in [1.807, 2.05) is 24.3 Å². The average Bonchev–Trinajstić information content (AvgIpc) is 2.97. The van der Waals surface area contributed by atoms with Gasteiger partial charge in [-0.05, 0) is 42.2 Å². The van der Waals surface area contributed by atoms with Crippen LogP contribution in [0, 0.1) is 0 Å². The Kier molecular flexibility index (Phi) is 3.50. The van der Waals surface area contributed by atoms with Gasteiger partial charge in [0.05, 0.1) is 9.85 Å². The number of halogens is 1. The summed E-state index contributed by atoms with van der Waals surface area (Å²) < 4.78 is 5.26. The topological polar surface area (TPSA) is 24.9 Å². The Morgan fingerprint density at radius 2 is 2.06 bits per heavy atom. The quantitative estimate of drug-likeness (QED) is 0.756. The minimum atomic E-state index is 0.855. The van der Waals surface area contributed by atoms with Crippen LogP contribution in [0.3, 0.4) is 0 Å². The Hall–Kier alpha value is -1.10. The lowest BCUT2D eigenvalue weighted by Gasteiger charge is -2.02. The van der Waals surface area contributed by atoms with Gasteiger partial charge in [-0.1, -0.05) is 23.7 Å². The van der Waals surface area contributed by atoms with Crippen molar-refractivity contribution in [3.8, 4) is 0 Å². The third-order valence-corrected chi connectivity index (χ3v) is 4.80. The number of anilines is 1. The molecule has 0 atom stereocenters. The van der Waals surface area contributed by atoms with E-state index in [1.165, 1.54) is 21.8 Å². The highest BCUT2D eigenvalue weighted by Gasteiger charge is 2.04. The summed E-state index contributed by atoms with van der Waals surface area (Å²) in [5.74, 6) is 0. The molecule has 0 fully saturated rings. The van der Waals surface area contributed by atoms with Crippen molar-refractivity contribution < 1.29 is 0 Å². The van der Waals surface area contributed by atoms with E-state index >= 15 is 0 Å². The lowest BCUT2D eigenvalue weighted by molar-refractivity contribution is 1.05. The van der Waals surface area contributed by atoms with Gasteiger partial charge in [-0.3, -0.25) is 0 Å². The molecule has 3 rings (SSSR count). The Labute approximate surface area is 118 Å². The summed E-state index contributed by atoms with van der Waals surface area (Å²) in [6, 6.07) is 12.2. The summed E-state index contributed by atoms with van der Waals surface area (Å²) in [7, 11) is 0. The lowest BCUT2D eigenvalue weighted by Crippen LogP contribution is -2.02. The molecule has 0 bridgehead atoms. The van der Waals surface area contributed by atoms with Crippen LogP contribution in [0.5, 0.6) is 0 Å². The minimum Gasteiger partial charge on any atom is -0.375 e. The van der Waals surface area contributed by atoms with Crippen LogP contribution in [-0.2, 0) is 6.42 Å². The molecule has 1 N–H and O–H groups in total. The van der Waals surface area contributed by atoms with E-state index in [4.69, 9.17) is 11.6 Å². The highest BCUT2D eigenvalue weighted by atomic mass is 35.5. The van der Waals surface area contributed by atoms with Crippen molar-refractivity contribution in [1.29, 1.82) is 0 Å². The molecule has 2 aromatic heterocycles. The molecule has 0 saturated carbocycles. The molecular weight excluding hydrogens is 284 g/mol. The first-order valence-electron chi connectivity index (χ1n) is 5.65. The predicted octanol–water partition coefficient (Wildman–Crippen LogP) is 4.67. The summed E-state index contributed by atoms with van der Waals surface area (Å²) in [6.07, 6.45) is 0.990. The van der Waals surface area contributed by atoms with Crippen molar-refractivity contribution in [3.63, 3.8) is 0 Å². The van der Waals surface area contributed by atoms with Crippen LogP contribution in [0.2, 0.25) is 4.34 Å². The number of nitrogens with one attached hydrogen (secondary N) is 1. The Balaban J connectivity index is 1.66. The molecular formula is C13H11ClN2S2. The zero-order valence-electron chi connectivity index (χ0n) is 9.52. The van der Waals surface area contributed by atoms with Gasteiger partial charge < -0.3 is 5.32 Å². The van der Waals surface area contributed by atoms with Crippen molar-refractivity contribution in [2.24, 2.45) is 0 Å². The minimum absolute atomic E-state index is 0.855. The van der Waals surface area contributed by atoms with Crippen LogP contribution in [-0.4, -0.2) is 10.9 Å². The van der Waals surface area contributed by atoms with Crippen LogP contribution in [0.25, 0.3) is 10.9 Å². The van der Waals surface area contributed by atoms with Crippen LogP contribution < -0.4 is 5.32 Å². The summed E-state index contributed by atoms with van der Waals surface area (Å²) in [5, 5.41) is 5.79. The summed E-state index contributed by atoms with van der Waals surface area (Å²) in [6.45, 7) is 0.906. The second-order valence-electron chi connectivity index (χ2n) is 3.91. The molecule has 0 spiro atoms. The summed E-state index contributed by atoms with van der Waals surface area (Å²) in [4.78, 5) is 1.31. The molecule has 0 aliphatic carbocycles. The Bertz CT molecular complexity index is 660. The van der Waals surface area contributed by atoms with Crippen molar-refractivity contribution in [3.05, 3.63) is 45.6 Å². The third kappa shape index (κ3) is 2.51. The lowest BCUT2D eigenvalue weighted by atomic mass is 10.2. The molecule has 18 heavy (non-hydrogen) atoms.